The van der Waals surface area contributed by atoms with Gasteiger partial charge in [0.15, 0.2) is 0 Å². The Kier molecular flexibility index (Phi) is 5.45. The van der Waals surface area contributed by atoms with Crippen LogP contribution in [0.4, 0.5) is 5.69 Å². The Bertz CT molecular complexity index is 1250. The highest BCUT2D eigenvalue weighted by molar-refractivity contribution is 7.99. The number of rotatable bonds is 4. The molecule has 3 aromatic rings. The van der Waals surface area contributed by atoms with E-state index in [-0.39, 0.29) is 11.8 Å². The summed E-state index contributed by atoms with van der Waals surface area (Å²) in [6.45, 7) is 8.03. The summed E-state index contributed by atoms with van der Waals surface area (Å²) >= 11 is 3.04. The molecule has 8 heteroatoms. The maximum atomic E-state index is 13.5. The molecule has 6 nitrogen and oxygen atoms in total. The molecule has 32 heavy (non-hydrogen) atoms. The molecule has 5 rings (SSSR count). The van der Waals surface area contributed by atoms with Crippen molar-refractivity contribution >= 4 is 50.8 Å². The molecule has 2 aromatic heterocycles. The first kappa shape index (κ1) is 21.4. The number of anilines is 1. The standard InChI is InChI=1S/C24H26N4O2S2/c1-12-5-8-17(9-13(12)2)26-22(29)18-10-31-11-28(18)24(30)20-14(3)19-15(4)25-21(16-6-7-16)27-23(19)32-20/h5,8-9,16,18H,6-7,10-11H2,1-4H3,(H,26,29). The lowest BCUT2D eigenvalue weighted by atomic mass is 10.1. The second-order valence-electron chi connectivity index (χ2n) is 8.76. The Morgan fingerprint density at radius 3 is 2.59 bits per heavy atom. The van der Waals surface area contributed by atoms with Crippen LogP contribution < -0.4 is 5.32 Å². The molecule has 0 radical (unpaired) electrons. The first-order chi connectivity index (χ1) is 15.3. The fraction of sp³-hybridized carbons (Fsp3) is 0.417. The number of hydrogen-bond donors (Lipinski definition) is 1. The third-order valence-corrected chi connectivity index (χ3v) is 8.53. The van der Waals surface area contributed by atoms with Crippen molar-refractivity contribution in [2.75, 3.05) is 16.9 Å². The Hall–Kier alpha value is -2.45. The van der Waals surface area contributed by atoms with E-state index in [9.17, 15) is 9.59 Å². The van der Waals surface area contributed by atoms with Crippen LogP contribution in [0.15, 0.2) is 18.2 Å². The molecule has 1 atom stereocenters. The molecule has 2 amide bonds. The zero-order valence-corrected chi connectivity index (χ0v) is 20.3. The minimum Gasteiger partial charge on any atom is -0.324 e. The lowest BCUT2D eigenvalue weighted by Crippen LogP contribution is -2.44. The van der Waals surface area contributed by atoms with E-state index < -0.39 is 6.04 Å². The molecule has 1 saturated heterocycles. The topological polar surface area (TPSA) is 75.2 Å². The van der Waals surface area contributed by atoms with Gasteiger partial charge in [0.25, 0.3) is 5.91 Å². The van der Waals surface area contributed by atoms with E-state index in [2.05, 4.69) is 5.32 Å². The fourth-order valence-corrected chi connectivity index (χ4v) is 6.47. The number of fused-ring (bicyclic) bond motifs is 1. The van der Waals surface area contributed by atoms with Crippen LogP contribution >= 0.6 is 23.1 Å². The van der Waals surface area contributed by atoms with Gasteiger partial charge in [0.1, 0.15) is 16.7 Å². The molecule has 1 unspecified atom stereocenters. The van der Waals surface area contributed by atoms with Crippen LogP contribution in [0.2, 0.25) is 0 Å². The summed E-state index contributed by atoms with van der Waals surface area (Å²) in [4.78, 5) is 39.3. The van der Waals surface area contributed by atoms with Gasteiger partial charge in [-0.25, -0.2) is 9.97 Å². The number of carbonyl (C=O) groups excluding carboxylic acids is 2. The van der Waals surface area contributed by atoms with Crippen LogP contribution in [0.1, 0.15) is 56.6 Å². The van der Waals surface area contributed by atoms with Gasteiger partial charge < -0.3 is 10.2 Å². The third-order valence-electron chi connectivity index (χ3n) is 6.35. The quantitative estimate of drug-likeness (QED) is 0.588. The molecule has 166 valence electrons. The summed E-state index contributed by atoms with van der Waals surface area (Å²) in [5, 5.41) is 3.98. The van der Waals surface area contributed by atoms with Crippen molar-refractivity contribution in [1.82, 2.24) is 14.9 Å². The van der Waals surface area contributed by atoms with Crippen LogP contribution in [0, 0.1) is 27.7 Å². The van der Waals surface area contributed by atoms with Crippen LogP contribution in [-0.2, 0) is 4.79 Å². The normalized spacial score (nSPS) is 18.4. The summed E-state index contributed by atoms with van der Waals surface area (Å²) in [6, 6.07) is 5.38. The maximum Gasteiger partial charge on any atom is 0.265 e. The molecule has 0 bridgehead atoms. The molecule has 2 aliphatic rings. The van der Waals surface area contributed by atoms with E-state index in [1.54, 1.807) is 16.7 Å². The largest absolute Gasteiger partial charge is 0.324 e. The van der Waals surface area contributed by atoms with E-state index >= 15 is 0 Å². The number of nitrogens with zero attached hydrogens (tertiary/aromatic N) is 3. The third kappa shape index (κ3) is 3.79. The Labute approximate surface area is 195 Å². The van der Waals surface area contributed by atoms with Gasteiger partial charge in [-0.15, -0.1) is 23.1 Å². The molecule has 0 spiro atoms. The second-order valence-corrected chi connectivity index (χ2v) is 10.8. The molecular formula is C24H26N4O2S2. The Morgan fingerprint density at radius 2 is 1.88 bits per heavy atom. The molecule has 3 heterocycles. The van der Waals surface area contributed by atoms with E-state index in [0.29, 0.717) is 22.4 Å². The van der Waals surface area contributed by atoms with Gasteiger partial charge in [-0.05, 0) is 69.4 Å². The van der Waals surface area contributed by atoms with Gasteiger partial charge in [-0.1, -0.05) is 6.07 Å². The van der Waals surface area contributed by atoms with Gasteiger partial charge in [-0.2, -0.15) is 0 Å². The monoisotopic (exact) mass is 466 g/mol. The van der Waals surface area contributed by atoms with Crippen LogP contribution in [0.25, 0.3) is 10.2 Å². The van der Waals surface area contributed by atoms with Crippen molar-refractivity contribution in [3.63, 3.8) is 0 Å². The second kappa shape index (κ2) is 8.15. The van der Waals surface area contributed by atoms with Crippen LogP contribution in [-0.4, -0.2) is 44.4 Å². The molecule has 1 aliphatic heterocycles. The number of aromatic nitrogens is 2. The van der Waals surface area contributed by atoms with E-state index in [4.69, 9.17) is 9.97 Å². The van der Waals surface area contributed by atoms with Gasteiger partial charge >= 0.3 is 0 Å². The van der Waals surface area contributed by atoms with Crippen molar-refractivity contribution < 1.29 is 9.59 Å². The number of thioether (sulfide) groups is 1. The summed E-state index contributed by atoms with van der Waals surface area (Å²) in [5.41, 5.74) is 4.92. The highest BCUT2D eigenvalue weighted by Gasteiger charge is 2.37. The molecule has 1 N–H and O–H groups in total. The molecule has 2 fully saturated rings. The highest BCUT2D eigenvalue weighted by Crippen LogP contribution is 2.41. The van der Waals surface area contributed by atoms with Crippen LogP contribution in [0.5, 0.6) is 0 Å². The van der Waals surface area contributed by atoms with Gasteiger partial charge in [-0.3, -0.25) is 9.59 Å². The SMILES string of the molecule is Cc1ccc(NC(=O)C2CSCN2C(=O)c2sc3nc(C4CC4)nc(C)c3c2C)cc1C. The van der Waals surface area contributed by atoms with E-state index in [1.165, 1.54) is 16.9 Å². The average molecular weight is 467 g/mol. The van der Waals surface area contributed by atoms with Gasteiger partial charge in [0.05, 0.1) is 16.4 Å². The number of nitrogens with one attached hydrogen (secondary N) is 1. The van der Waals surface area contributed by atoms with Crippen molar-refractivity contribution in [3.05, 3.63) is 51.3 Å². The van der Waals surface area contributed by atoms with E-state index in [0.717, 1.165) is 51.4 Å². The smallest absolute Gasteiger partial charge is 0.265 e. The summed E-state index contributed by atoms with van der Waals surface area (Å²) in [5.74, 6) is 2.23. The van der Waals surface area contributed by atoms with E-state index in [1.807, 2.05) is 45.9 Å². The zero-order chi connectivity index (χ0) is 22.6. The first-order valence-corrected chi connectivity index (χ1v) is 12.8. The Morgan fingerprint density at radius 1 is 1.09 bits per heavy atom. The number of hydrogen-bond acceptors (Lipinski definition) is 6. The number of thiophene rings is 1. The van der Waals surface area contributed by atoms with Gasteiger partial charge in [0, 0.05) is 22.7 Å². The molecular weight excluding hydrogens is 440 g/mol. The summed E-state index contributed by atoms with van der Waals surface area (Å²) in [7, 11) is 0. The molecule has 1 saturated carbocycles. The van der Waals surface area contributed by atoms with Crippen molar-refractivity contribution in [3.8, 4) is 0 Å². The van der Waals surface area contributed by atoms with Crippen molar-refractivity contribution in [1.29, 1.82) is 0 Å². The lowest BCUT2D eigenvalue weighted by molar-refractivity contribution is -0.119. The molecule has 1 aromatic carbocycles. The average Bonchev–Trinajstić information content (AvgIpc) is 3.39. The van der Waals surface area contributed by atoms with Gasteiger partial charge in [0.2, 0.25) is 5.91 Å². The maximum absolute atomic E-state index is 13.5. The highest BCUT2D eigenvalue weighted by atomic mass is 32.2. The number of aryl methyl sites for hydroxylation is 4. The molecule has 1 aliphatic carbocycles. The van der Waals surface area contributed by atoms with Crippen molar-refractivity contribution in [2.24, 2.45) is 0 Å². The Balaban J connectivity index is 1.41. The fourth-order valence-electron chi connectivity index (χ4n) is 4.12. The minimum absolute atomic E-state index is 0.0943. The first-order valence-electron chi connectivity index (χ1n) is 10.9. The zero-order valence-electron chi connectivity index (χ0n) is 18.7. The predicted molar refractivity (Wildman–Crippen MR) is 131 cm³/mol. The van der Waals surface area contributed by atoms with Crippen molar-refractivity contribution in [2.45, 2.75) is 52.5 Å². The number of carbonyl (C=O) groups is 2. The predicted octanol–water partition coefficient (Wildman–Crippen LogP) is 4.96. The lowest BCUT2D eigenvalue weighted by Gasteiger charge is -2.23. The number of benzene rings is 1. The minimum atomic E-state index is -0.493. The summed E-state index contributed by atoms with van der Waals surface area (Å²) in [6.07, 6.45) is 2.28. The summed E-state index contributed by atoms with van der Waals surface area (Å²) < 4.78 is 0. The number of amides is 2. The van der Waals surface area contributed by atoms with Crippen LogP contribution in [0.3, 0.4) is 0 Å².